The highest BCUT2D eigenvalue weighted by atomic mass is 32.1. The van der Waals surface area contributed by atoms with Gasteiger partial charge in [0.25, 0.3) is 0 Å². The first kappa shape index (κ1) is 14.3. The van der Waals surface area contributed by atoms with Crippen LogP contribution in [0, 0.1) is 0 Å². The average Bonchev–Trinajstić information content (AvgIpc) is 2.54. The summed E-state index contributed by atoms with van der Waals surface area (Å²) in [6, 6.07) is 15.0. The summed E-state index contributed by atoms with van der Waals surface area (Å²) in [5.74, 6) is 0.691. The summed E-state index contributed by atoms with van der Waals surface area (Å²) in [6.45, 7) is 0.193. The predicted octanol–water partition coefficient (Wildman–Crippen LogP) is 2.85. The van der Waals surface area contributed by atoms with Crippen molar-refractivity contribution in [3.05, 3.63) is 48.5 Å². The van der Waals surface area contributed by atoms with Gasteiger partial charge in [0.2, 0.25) is 5.91 Å². The van der Waals surface area contributed by atoms with Gasteiger partial charge >= 0.3 is 0 Å². The number of carbonyl (C=O) groups excluding carboxylic acids is 1. The molecule has 1 aliphatic heterocycles. The zero-order valence-electron chi connectivity index (χ0n) is 12.0. The van der Waals surface area contributed by atoms with E-state index in [0.29, 0.717) is 5.11 Å². The van der Waals surface area contributed by atoms with Gasteiger partial charge in [-0.15, -0.1) is 0 Å². The molecule has 112 valence electrons. The maximum absolute atomic E-state index is 11.8. The van der Waals surface area contributed by atoms with Gasteiger partial charge in [-0.1, -0.05) is 12.1 Å². The molecule has 3 rings (SSSR count). The zero-order valence-corrected chi connectivity index (χ0v) is 12.8. The number of carbonyl (C=O) groups is 1. The van der Waals surface area contributed by atoms with Crippen LogP contribution in [0.2, 0.25) is 0 Å². The van der Waals surface area contributed by atoms with Crippen molar-refractivity contribution in [1.29, 1.82) is 0 Å². The molecular weight excluding hydrogens is 298 g/mol. The van der Waals surface area contributed by atoms with E-state index in [9.17, 15) is 4.79 Å². The molecule has 22 heavy (non-hydrogen) atoms. The lowest BCUT2D eigenvalue weighted by molar-refractivity contribution is -0.115. The molecule has 2 aromatic carbocycles. The molecule has 2 N–H and O–H groups in total. The molecule has 0 unspecified atom stereocenters. The lowest BCUT2D eigenvalue weighted by atomic mass is 10.2. The molecule has 0 atom stereocenters. The minimum atomic E-state index is -0.0856. The molecule has 1 heterocycles. The highest BCUT2D eigenvalue weighted by Crippen LogP contribution is 2.29. The predicted molar refractivity (Wildman–Crippen MR) is 91.6 cm³/mol. The molecule has 0 bridgehead atoms. The Morgan fingerprint density at radius 2 is 1.95 bits per heavy atom. The van der Waals surface area contributed by atoms with Crippen LogP contribution >= 0.6 is 12.2 Å². The van der Waals surface area contributed by atoms with E-state index in [-0.39, 0.29) is 12.5 Å². The van der Waals surface area contributed by atoms with Gasteiger partial charge in [0, 0.05) is 5.69 Å². The highest BCUT2D eigenvalue weighted by molar-refractivity contribution is 7.80. The molecule has 0 fully saturated rings. The third-order valence-corrected chi connectivity index (χ3v) is 3.68. The van der Waals surface area contributed by atoms with Gasteiger partial charge in [-0.05, 0) is 48.6 Å². The topological polar surface area (TPSA) is 53.6 Å². The fourth-order valence-corrected chi connectivity index (χ4v) is 2.56. The third kappa shape index (κ3) is 2.87. The van der Waals surface area contributed by atoms with Crippen molar-refractivity contribution in [2.45, 2.75) is 0 Å². The second kappa shape index (κ2) is 6.03. The molecular formula is C16H15N3O2S. The van der Waals surface area contributed by atoms with Gasteiger partial charge in [-0.2, -0.15) is 0 Å². The van der Waals surface area contributed by atoms with E-state index >= 15 is 0 Å². The highest BCUT2D eigenvalue weighted by Gasteiger charge is 2.24. The van der Waals surface area contributed by atoms with Crippen molar-refractivity contribution >= 4 is 40.3 Å². The van der Waals surface area contributed by atoms with Crippen molar-refractivity contribution in [3.63, 3.8) is 0 Å². The molecule has 5 nitrogen and oxygen atoms in total. The van der Waals surface area contributed by atoms with E-state index in [4.69, 9.17) is 17.0 Å². The number of fused-ring (bicyclic) bond motifs is 1. The molecule has 2 aromatic rings. The number of methoxy groups -OCH3 is 1. The van der Waals surface area contributed by atoms with Crippen LogP contribution in [0.5, 0.6) is 5.75 Å². The summed E-state index contributed by atoms with van der Waals surface area (Å²) in [5.41, 5.74) is 2.49. The lowest BCUT2D eigenvalue weighted by Crippen LogP contribution is -2.44. The van der Waals surface area contributed by atoms with Gasteiger partial charge in [-0.3, -0.25) is 4.79 Å². The Labute approximate surface area is 133 Å². The van der Waals surface area contributed by atoms with E-state index in [2.05, 4.69) is 10.6 Å². The van der Waals surface area contributed by atoms with Gasteiger partial charge in [-0.25, -0.2) is 0 Å². The molecule has 0 radical (unpaired) electrons. The van der Waals surface area contributed by atoms with Crippen molar-refractivity contribution in [3.8, 4) is 5.75 Å². The molecule has 1 aliphatic rings. The van der Waals surface area contributed by atoms with Crippen LogP contribution in [0.25, 0.3) is 0 Å². The number of hydrogen-bond donors (Lipinski definition) is 2. The molecule has 0 saturated carbocycles. The van der Waals surface area contributed by atoms with Crippen molar-refractivity contribution < 1.29 is 9.53 Å². The Morgan fingerprint density at radius 3 is 2.68 bits per heavy atom. The number of amides is 1. The largest absolute Gasteiger partial charge is 0.497 e. The van der Waals surface area contributed by atoms with Gasteiger partial charge in [0.05, 0.1) is 18.5 Å². The molecule has 6 heteroatoms. The van der Waals surface area contributed by atoms with E-state index in [1.54, 1.807) is 12.0 Å². The van der Waals surface area contributed by atoms with E-state index in [1.807, 2.05) is 48.5 Å². The van der Waals surface area contributed by atoms with Crippen LogP contribution in [-0.4, -0.2) is 24.7 Å². The maximum atomic E-state index is 11.8. The first-order chi connectivity index (χ1) is 10.7. The number of nitrogens with zero attached hydrogens (tertiary/aromatic N) is 1. The SMILES string of the molecule is COc1ccc(NC(=S)N2CC(=O)Nc3ccccc32)cc1. The molecule has 0 spiro atoms. The monoisotopic (exact) mass is 313 g/mol. The number of thiocarbonyl (C=S) groups is 1. The number of para-hydroxylation sites is 2. The zero-order chi connectivity index (χ0) is 15.5. The van der Waals surface area contributed by atoms with Crippen LogP contribution < -0.4 is 20.3 Å². The third-order valence-electron chi connectivity index (χ3n) is 3.36. The molecule has 0 saturated heterocycles. The fraction of sp³-hybridized carbons (Fsp3) is 0.125. The van der Waals surface area contributed by atoms with Crippen molar-refractivity contribution in [2.75, 3.05) is 29.2 Å². The lowest BCUT2D eigenvalue weighted by Gasteiger charge is -2.31. The average molecular weight is 313 g/mol. The first-order valence-electron chi connectivity index (χ1n) is 6.79. The number of hydrogen-bond acceptors (Lipinski definition) is 3. The summed E-state index contributed by atoms with van der Waals surface area (Å²) in [5, 5.41) is 6.46. The quantitative estimate of drug-likeness (QED) is 0.835. The summed E-state index contributed by atoms with van der Waals surface area (Å²) < 4.78 is 5.13. The van der Waals surface area contributed by atoms with Crippen LogP contribution in [-0.2, 0) is 4.79 Å². The van der Waals surface area contributed by atoms with Crippen LogP contribution in [0.1, 0.15) is 0 Å². The van der Waals surface area contributed by atoms with Crippen LogP contribution in [0.3, 0.4) is 0 Å². The van der Waals surface area contributed by atoms with Crippen LogP contribution in [0.15, 0.2) is 48.5 Å². The summed E-state index contributed by atoms with van der Waals surface area (Å²) in [6.07, 6.45) is 0. The number of anilines is 3. The Balaban J connectivity index is 1.81. The Morgan fingerprint density at radius 1 is 1.23 bits per heavy atom. The number of rotatable bonds is 2. The number of benzene rings is 2. The first-order valence-corrected chi connectivity index (χ1v) is 7.19. The Kier molecular flexibility index (Phi) is 3.93. The number of ether oxygens (including phenoxy) is 1. The molecule has 1 amide bonds. The second-order valence-corrected chi connectivity index (χ2v) is 5.20. The summed E-state index contributed by atoms with van der Waals surface area (Å²) in [4.78, 5) is 13.6. The van der Waals surface area contributed by atoms with E-state index < -0.39 is 0 Å². The van der Waals surface area contributed by atoms with E-state index in [1.165, 1.54) is 0 Å². The van der Waals surface area contributed by atoms with Crippen molar-refractivity contribution in [1.82, 2.24) is 0 Å². The Bertz CT molecular complexity index is 716. The standard InChI is InChI=1S/C16H15N3O2S/c1-21-12-8-6-11(7-9-12)17-16(22)19-10-15(20)18-13-4-2-3-5-14(13)19/h2-9H,10H2,1H3,(H,17,22)(H,18,20). The van der Waals surface area contributed by atoms with E-state index in [0.717, 1.165) is 22.8 Å². The number of nitrogens with one attached hydrogen (secondary N) is 2. The minimum Gasteiger partial charge on any atom is -0.497 e. The van der Waals surface area contributed by atoms with Gasteiger partial charge in [0.1, 0.15) is 12.3 Å². The van der Waals surface area contributed by atoms with Crippen molar-refractivity contribution in [2.24, 2.45) is 0 Å². The normalized spacial score (nSPS) is 13.1. The molecule has 0 aliphatic carbocycles. The smallest absolute Gasteiger partial charge is 0.244 e. The Hall–Kier alpha value is -2.60. The van der Waals surface area contributed by atoms with Gasteiger partial charge < -0.3 is 20.3 Å². The van der Waals surface area contributed by atoms with Gasteiger partial charge in [0.15, 0.2) is 5.11 Å². The second-order valence-electron chi connectivity index (χ2n) is 4.81. The fourth-order valence-electron chi connectivity index (χ4n) is 2.28. The summed E-state index contributed by atoms with van der Waals surface area (Å²) in [7, 11) is 1.62. The summed E-state index contributed by atoms with van der Waals surface area (Å²) >= 11 is 5.45. The van der Waals surface area contributed by atoms with Crippen LogP contribution in [0.4, 0.5) is 17.1 Å². The maximum Gasteiger partial charge on any atom is 0.244 e. The molecule has 0 aromatic heterocycles. The minimum absolute atomic E-state index is 0.0856.